The number of nitrogens with zero attached hydrogens (tertiary/aromatic N) is 2. The van der Waals surface area contributed by atoms with E-state index in [1.165, 1.54) is 0 Å². The zero-order valence-corrected chi connectivity index (χ0v) is 18.3. The lowest BCUT2D eigenvalue weighted by molar-refractivity contribution is -0.118. The van der Waals surface area contributed by atoms with Gasteiger partial charge in [-0.05, 0) is 61.3 Å². The second kappa shape index (κ2) is 9.76. The highest BCUT2D eigenvalue weighted by molar-refractivity contribution is 5.96. The Morgan fingerprint density at radius 2 is 1.70 bits per heavy atom. The van der Waals surface area contributed by atoms with Crippen molar-refractivity contribution in [2.45, 2.75) is 26.7 Å². The zero-order chi connectivity index (χ0) is 21.7. The predicted octanol–water partition coefficient (Wildman–Crippen LogP) is 3.52. The van der Waals surface area contributed by atoms with Crippen LogP contribution in [0, 0.1) is 6.92 Å². The number of piperazine rings is 1. The summed E-state index contributed by atoms with van der Waals surface area (Å²) < 4.78 is 5.79. The Kier molecular flexibility index (Phi) is 7.11. The molecule has 160 valence electrons. The largest absolute Gasteiger partial charge is 0.483 e. The van der Waals surface area contributed by atoms with Crippen molar-refractivity contribution >= 4 is 17.5 Å². The number of aryl methyl sites for hydroxylation is 1. The molecule has 0 atom stereocenters. The molecular weight excluding hydrogens is 378 g/mol. The van der Waals surface area contributed by atoms with Crippen LogP contribution in [0.2, 0.25) is 0 Å². The molecule has 0 unspecified atom stereocenters. The van der Waals surface area contributed by atoms with Gasteiger partial charge in [0.1, 0.15) is 5.75 Å². The Bertz CT molecular complexity index is 885. The molecule has 1 saturated heterocycles. The van der Waals surface area contributed by atoms with E-state index in [1.54, 1.807) is 24.3 Å². The Morgan fingerprint density at radius 1 is 1.03 bits per heavy atom. The fraction of sp³-hybridized carbons (Fsp3) is 0.417. The first-order valence-corrected chi connectivity index (χ1v) is 10.4. The molecule has 1 fully saturated rings. The highest BCUT2D eigenvalue weighted by atomic mass is 16.5. The maximum Gasteiger partial charge on any atom is 0.262 e. The Morgan fingerprint density at radius 3 is 2.33 bits per heavy atom. The van der Waals surface area contributed by atoms with E-state index in [9.17, 15) is 9.59 Å². The Balaban J connectivity index is 1.55. The van der Waals surface area contributed by atoms with Gasteiger partial charge in [-0.2, -0.15) is 0 Å². The maximum atomic E-state index is 12.6. The van der Waals surface area contributed by atoms with Crippen molar-refractivity contribution in [3.63, 3.8) is 0 Å². The number of ether oxygens (including phenoxy) is 1. The summed E-state index contributed by atoms with van der Waals surface area (Å²) in [5, 5.41) is 2.83. The van der Waals surface area contributed by atoms with Crippen molar-refractivity contribution in [3.05, 3.63) is 59.2 Å². The van der Waals surface area contributed by atoms with Gasteiger partial charge >= 0.3 is 0 Å². The molecule has 30 heavy (non-hydrogen) atoms. The molecule has 0 saturated carbocycles. The summed E-state index contributed by atoms with van der Waals surface area (Å²) in [6.07, 6.45) is 0. The lowest BCUT2D eigenvalue weighted by Crippen LogP contribution is -2.47. The number of carbonyl (C=O) groups excluding carboxylic acids is 2. The first-order chi connectivity index (χ1) is 14.3. The maximum absolute atomic E-state index is 12.6. The number of carbonyl (C=O) groups is 2. The minimum absolute atomic E-state index is 0.0324. The minimum atomic E-state index is -0.232. The van der Waals surface area contributed by atoms with Gasteiger partial charge in [0.2, 0.25) is 0 Å². The number of hydrogen-bond donors (Lipinski definition) is 1. The molecule has 0 bridgehead atoms. The number of benzene rings is 2. The van der Waals surface area contributed by atoms with Crippen LogP contribution in [0.5, 0.6) is 5.75 Å². The van der Waals surface area contributed by atoms with Gasteiger partial charge in [0.15, 0.2) is 6.61 Å². The highest BCUT2D eigenvalue weighted by Crippen LogP contribution is 2.27. The fourth-order valence-corrected chi connectivity index (χ4v) is 3.47. The number of likely N-dealkylation sites (N-methyl/N-ethyl adjacent to an activating group) is 1. The third-order valence-electron chi connectivity index (χ3n) is 5.36. The molecule has 1 aliphatic rings. The van der Waals surface area contributed by atoms with Gasteiger partial charge in [-0.15, -0.1) is 0 Å². The molecule has 1 heterocycles. The summed E-state index contributed by atoms with van der Waals surface area (Å²) in [6.45, 7) is 9.39. The van der Waals surface area contributed by atoms with Gasteiger partial charge in [0, 0.05) is 37.4 Å². The van der Waals surface area contributed by atoms with E-state index in [0.717, 1.165) is 43.1 Å². The number of rotatable bonds is 6. The molecule has 1 N–H and O–H groups in total. The second-order valence-electron chi connectivity index (χ2n) is 8.21. The van der Waals surface area contributed by atoms with Gasteiger partial charge < -0.3 is 19.9 Å². The van der Waals surface area contributed by atoms with E-state index in [-0.39, 0.29) is 18.4 Å². The molecule has 0 aliphatic carbocycles. The van der Waals surface area contributed by atoms with E-state index in [2.05, 4.69) is 31.1 Å². The van der Waals surface area contributed by atoms with Gasteiger partial charge in [-0.25, -0.2) is 0 Å². The molecule has 2 aromatic rings. The van der Waals surface area contributed by atoms with E-state index in [1.807, 2.05) is 30.0 Å². The average Bonchev–Trinajstić information content (AvgIpc) is 2.72. The summed E-state index contributed by atoms with van der Waals surface area (Å²) in [5.74, 6) is 0.858. The van der Waals surface area contributed by atoms with E-state index in [0.29, 0.717) is 17.2 Å². The summed E-state index contributed by atoms with van der Waals surface area (Å²) >= 11 is 0. The van der Waals surface area contributed by atoms with Crippen LogP contribution in [0.4, 0.5) is 5.69 Å². The van der Waals surface area contributed by atoms with E-state index in [4.69, 9.17) is 4.74 Å². The van der Waals surface area contributed by atoms with Crippen LogP contribution in [-0.4, -0.2) is 61.4 Å². The first-order valence-electron chi connectivity index (χ1n) is 10.4. The summed E-state index contributed by atoms with van der Waals surface area (Å²) in [7, 11) is 2.06. The van der Waals surface area contributed by atoms with Crippen molar-refractivity contribution < 1.29 is 14.3 Å². The zero-order valence-electron chi connectivity index (χ0n) is 18.3. The van der Waals surface area contributed by atoms with Crippen LogP contribution in [0.1, 0.15) is 41.3 Å². The molecule has 6 nitrogen and oxygen atoms in total. The van der Waals surface area contributed by atoms with E-state index < -0.39 is 0 Å². The molecule has 0 aromatic heterocycles. The number of amides is 2. The first kappa shape index (κ1) is 21.8. The molecule has 0 radical (unpaired) electrons. The smallest absolute Gasteiger partial charge is 0.262 e. The molecular formula is C24H31N3O3. The fourth-order valence-electron chi connectivity index (χ4n) is 3.47. The molecule has 3 rings (SSSR count). The van der Waals surface area contributed by atoms with Crippen LogP contribution in [-0.2, 0) is 4.79 Å². The van der Waals surface area contributed by atoms with Crippen LogP contribution >= 0.6 is 0 Å². The molecule has 6 heteroatoms. The third kappa shape index (κ3) is 5.60. The van der Waals surface area contributed by atoms with Crippen LogP contribution in [0.15, 0.2) is 42.5 Å². The van der Waals surface area contributed by atoms with Gasteiger partial charge in [-0.1, -0.05) is 26.0 Å². The van der Waals surface area contributed by atoms with Crippen molar-refractivity contribution in [3.8, 4) is 5.75 Å². The monoisotopic (exact) mass is 409 g/mol. The van der Waals surface area contributed by atoms with Crippen LogP contribution in [0.3, 0.4) is 0 Å². The van der Waals surface area contributed by atoms with Crippen molar-refractivity contribution in [1.82, 2.24) is 9.80 Å². The lowest BCUT2D eigenvalue weighted by atomic mass is 10.0. The average molecular weight is 410 g/mol. The molecule has 2 aromatic carbocycles. The minimum Gasteiger partial charge on any atom is -0.483 e. The van der Waals surface area contributed by atoms with Crippen LogP contribution in [0.25, 0.3) is 0 Å². The molecule has 2 amide bonds. The summed E-state index contributed by atoms with van der Waals surface area (Å²) in [5.41, 5.74) is 3.46. The van der Waals surface area contributed by atoms with Crippen molar-refractivity contribution in [2.75, 3.05) is 45.2 Å². The predicted molar refractivity (Wildman–Crippen MR) is 119 cm³/mol. The Labute approximate surface area is 178 Å². The van der Waals surface area contributed by atoms with Crippen molar-refractivity contribution in [2.24, 2.45) is 0 Å². The number of nitrogens with one attached hydrogen (secondary N) is 1. The number of hydrogen-bond acceptors (Lipinski definition) is 4. The summed E-state index contributed by atoms with van der Waals surface area (Å²) in [6, 6.07) is 13.1. The number of anilines is 1. The van der Waals surface area contributed by atoms with Gasteiger partial charge in [-0.3, -0.25) is 9.59 Å². The Hall–Kier alpha value is -2.86. The van der Waals surface area contributed by atoms with E-state index >= 15 is 0 Å². The standard InChI is InChI=1S/C24H31N3O3/c1-17(2)21-10-5-18(3)15-22(21)30-16-23(28)25-20-8-6-19(7-9-20)24(29)27-13-11-26(4)12-14-27/h5-10,15,17H,11-14,16H2,1-4H3,(H,25,28). The summed E-state index contributed by atoms with van der Waals surface area (Å²) in [4.78, 5) is 29.0. The highest BCUT2D eigenvalue weighted by Gasteiger charge is 2.20. The third-order valence-corrected chi connectivity index (χ3v) is 5.36. The second-order valence-corrected chi connectivity index (χ2v) is 8.21. The topological polar surface area (TPSA) is 61.9 Å². The van der Waals surface area contributed by atoms with Gasteiger partial charge in [0.25, 0.3) is 11.8 Å². The van der Waals surface area contributed by atoms with Gasteiger partial charge in [0.05, 0.1) is 0 Å². The quantitative estimate of drug-likeness (QED) is 0.793. The molecule has 1 aliphatic heterocycles. The normalized spacial score (nSPS) is 14.6. The lowest BCUT2D eigenvalue weighted by Gasteiger charge is -2.32. The SMILES string of the molecule is Cc1ccc(C(C)C)c(OCC(=O)Nc2ccc(C(=O)N3CCN(C)CC3)cc2)c1. The van der Waals surface area contributed by atoms with Crippen LogP contribution < -0.4 is 10.1 Å². The molecule has 0 spiro atoms. The van der Waals surface area contributed by atoms with Crippen molar-refractivity contribution in [1.29, 1.82) is 0 Å².